The first-order valence-electron chi connectivity index (χ1n) is 5.06. The summed E-state index contributed by atoms with van der Waals surface area (Å²) < 4.78 is 4.96. The molecule has 0 atom stereocenters. The van der Waals surface area contributed by atoms with Crippen LogP contribution in [0, 0.1) is 0 Å². The minimum absolute atomic E-state index is 0.326. The number of thiazole rings is 1. The lowest BCUT2D eigenvalue weighted by Crippen LogP contribution is -2.03. The molecule has 2 N–H and O–H groups in total. The third kappa shape index (κ3) is 2.42. The molecule has 0 amide bonds. The minimum atomic E-state index is -0.395. The highest BCUT2D eigenvalue weighted by Crippen LogP contribution is 2.29. The molecule has 0 fully saturated rings. The Hall–Kier alpha value is -1.95. The van der Waals surface area contributed by atoms with Gasteiger partial charge in [-0.2, -0.15) is 0 Å². The molecule has 5 nitrogen and oxygen atoms in total. The van der Waals surface area contributed by atoms with E-state index in [-0.39, 0.29) is 0 Å². The molecule has 6 heteroatoms. The van der Waals surface area contributed by atoms with Gasteiger partial charge in [-0.05, 0) is 19.1 Å². The van der Waals surface area contributed by atoms with Crippen molar-refractivity contribution in [1.82, 2.24) is 9.97 Å². The van der Waals surface area contributed by atoms with Crippen LogP contribution in [0.1, 0.15) is 16.6 Å². The maximum Gasteiger partial charge on any atom is 0.350 e. The summed E-state index contributed by atoms with van der Waals surface area (Å²) in [4.78, 5) is 20.2. The first-order valence-corrected chi connectivity index (χ1v) is 5.88. The van der Waals surface area contributed by atoms with Crippen molar-refractivity contribution in [2.24, 2.45) is 0 Å². The monoisotopic (exact) mass is 249 g/mol. The zero-order chi connectivity index (χ0) is 12.3. The fourth-order valence-corrected chi connectivity index (χ4v) is 2.13. The van der Waals surface area contributed by atoms with E-state index in [1.165, 1.54) is 0 Å². The van der Waals surface area contributed by atoms with Crippen LogP contribution in [0.4, 0.5) is 5.13 Å². The summed E-state index contributed by atoms with van der Waals surface area (Å²) >= 11 is 1.13. The number of nitrogens with two attached hydrogens (primary N) is 1. The molecule has 2 rings (SSSR count). The van der Waals surface area contributed by atoms with Crippen molar-refractivity contribution in [2.75, 3.05) is 12.3 Å². The number of nitrogen functional groups attached to an aromatic ring is 1. The second-order valence-electron chi connectivity index (χ2n) is 3.19. The quantitative estimate of drug-likeness (QED) is 0.841. The number of nitrogens with zero attached hydrogens (tertiary/aromatic N) is 2. The molecule has 0 aliphatic rings. The first-order chi connectivity index (χ1) is 8.22. The Kier molecular flexibility index (Phi) is 3.34. The number of esters is 1. The van der Waals surface area contributed by atoms with Crippen LogP contribution in [0.3, 0.4) is 0 Å². The molecule has 17 heavy (non-hydrogen) atoms. The predicted molar refractivity (Wildman–Crippen MR) is 65.7 cm³/mol. The average molecular weight is 249 g/mol. The maximum atomic E-state index is 11.7. The van der Waals surface area contributed by atoms with Crippen molar-refractivity contribution in [2.45, 2.75) is 6.92 Å². The molecule has 0 radical (unpaired) electrons. The number of pyridine rings is 1. The third-order valence-corrected chi connectivity index (χ3v) is 2.92. The molecular weight excluding hydrogens is 238 g/mol. The number of anilines is 1. The van der Waals surface area contributed by atoms with Crippen LogP contribution in [-0.4, -0.2) is 22.5 Å². The predicted octanol–water partition coefficient (Wildman–Crippen LogP) is 1.96. The fourth-order valence-electron chi connectivity index (χ4n) is 1.38. The summed E-state index contributed by atoms with van der Waals surface area (Å²) in [5.74, 6) is -0.395. The van der Waals surface area contributed by atoms with E-state index in [0.29, 0.717) is 22.3 Å². The number of rotatable bonds is 3. The van der Waals surface area contributed by atoms with E-state index in [9.17, 15) is 4.79 Å². The Labute approximate surface area is 102 Å². The highest BCUT2D eigenvalue weighted by atomic mass is 32.1. The molecule has 0 saturated carbocycles. The van der Waals surface area contributed by atoms with Gasteiger partial charge in [-0.1, -0.05) is 11.3 Å². The minimum Gasteiger partial charge on any atom is -0.462 e. The number of hydrogen-bond acceptors (Lipinski definition) is 6. The van der Waals surface area contributed by atoms with Crippen LogP contribution < -0.4 is 5.73 Å². The normalized spacial score (nSPS) is 10.2. The zero-order valence-corrected chi connectivity index (χ0v) is 10.0. The van der Waals surface area contributed by atoms with Gasteiger partial charge in [-0.15, -0.1) is 0 Å². The van der Waals surface area contributed by atoms with Crippen LogP contribution in [-0.2, 0) is 4.74 Å². The van der Waals surface area contributed by atoms with Crippen LogP contribution in [0.15, 0.2) is 24.5 Å². The number of carbonyl (C=O) groups excluding carboxylic acids is 1. The zero-order valence-electron chi connectivity index (χ0n) is 9.21. The molecule has 0 spiro atoms. The lowest BCUT2D eigenvalue weighted by Gasteiger charge is -2.01. The van der Waals surface area contributed by atoms with E-state index in [4.69, 9.17) is 10.5 Å². The van der Waals surface area contributed by atoms with Crippen molar-refractivity contribution < 1.29 is 9.53 Å². The number of carbonyl (C=O) groups is 1. The summed E-state index contributed by atoms with van der Waals surface area (Å²) in [6, 6.07) is 3.55. The molecule has 2 aromatic heterocycles. The molecule has 2 aromatic rings. The van der Waals surface area contributed by atoms with Gasteiger partial charge in [0.2, 0.25) is 0 Å². The summed E-state index contributed by atoms with van der Waals surface area (Å²) in [7, 11) is 0. The van der Waals surface area contributed by atoms with Gasteiger partial charge < -0.3 is 10.5 Å². The molecule has 0 bridgehead atoms. The second-order valence-corrected chi connectivity index (χ2v) is 4.22. The Balaban J connectivity index is 2.44. The van der Waals surface area contributed by atoms with Crippen LogP contribution in [0.25, 0.3) is 11.3 Å². The SMILES string of the molecule is CCOC(=O)c1sc(N)nc1-c1ccncc1. The number of ether oxygens (including phenoxy) is 1. The van der Waals surface area contributed by atoms with Gasteiger partial charge in [0.15, 0.2) is 5.13 Å². The van der Waals surface area contributed by atoms with E-state index in [0.717, 1.165) is 16.9 Å². The largest absolute Gasteiger partial charge is 0.462 e. The lowest BCUT2D eigenvalue weighted by atomic mass is 10.2. The Morgan fingerprint density at radius 2 is 2.18 bits per heavy atom. The Morgan fingerprint density at radius 1 is 1.47 bits per heavy atom. The van der Waals surface area contributed by atoms with Crippen molar-refractivity contribution in [3.63, 3.8) is 0 Å². The fraction of sp³-hybridized carbons (Fsp3) is 0.182. The van der Waals surface area contributed by atoms with E-state index >= 15 is 0 Å². The van der Waals surface area contributed by atoms with Crippen molar-refractivity contribution in [3.05, 3.63) is 29.4 Å². The summed E-state index contributed by atoms with van der Waals surface area (Å²) in [5.41, 5.74) is 6.99. The highest BCUT2D eigenvalue weighted by molar-refractivity contribution is 7.17. The van der Waals surface area contributed by atoms with Crippen molar-refractivity contribution >= 4 is 22.4 Å². The Bertz CT molecular complexity index is 525. The van der Waals surface area contributed by atoms with Crippen LogP contribution in [0.2, 0.25) is 0 Å². The van der Waals surface area contributed by atoms with Crippen molar-refractivity contribution in [1.29, 1.82) is 0 Å². The molecule has 0 saturated heterocycles. The molecule has 0 aliphatic heterocycles. The Morgan fingerprint density at radius 3 is 2.82 bits per heavy atom. The summed E-state index contributed by atoms with van der Waals surface area (Å²) in [5, 5.41) is 0.347. The highest BCUT2D eigenvalue weighted by Gasteiger charge is 2.19. The van der Waals surface area contributed by atoms with Gasteiger partial charge in [0.25, 0.3) is 0 Å². The topological polar surface area (TPSA) is 78.1 Å². The van der Waals surface area contributed by atoms with Gasteiger partial charge in [0.05, 0.1) is 12.3 Å². The smallest absolute Gasteiger partial charge is 0.350 e. The average Bonchev–Trinajstić information content (AvgIpc) is 2.73. The molecule has 2 heterocycles. The lowest BCUT2D eigenvalue weighted by molar-refractivity contribution is 0.0532. The molecule has 0 aliphatic carbocycles. The second kappa shape index (κ2) is 4.92. The van der Waals surface area contributed by atoms with Gasteiger partial charge in [-0.3, -0.25) is 4.98 Å². The van der Waals surface area contributed by atoms with E-state index in [1.54, 1.807) is 31.5 Å². The first kappa shape index (κ1) is 11.5. The van der Waals surface area contributed by atoms with Gasteiger partial charge >= 0.3 is 5.97 Å². The summed E-state index contributed by atoms with van der Waals surface area (Å²) in [6.07, 6.45) is 3.28. The maximum absolute atomic E-state index is 11.7. The molecular formula is C11H11N3O2S. The molecule has 88 valence electrons. The van der Waals surface area contributed by atoms with Crippen LogP contribution >= 0.6 is 11.3 Å². The number of hydrogen-bond donors (Lipinski definition) is 1. The van der Waals surface area contributed by atoms with Gasteiger partial charge in [-0.25, -0.2) is 9.78 Å². The van der Waals surface area contributed by atoms with E-state index < -0.39 is 5.97 Å². The molecule has 0 aromatic carbocycles. The van der Waals surface area contributed by atoms with Gasteiger partial charge in [0.1, 0.15) is 4.88 Å². The van der Waals surface area contributed by atoms with E-state index in [2.05, 4.69) is 9.97 Å². The number of aromatic nitrogens is 2. The van der Waals surface area contributed by atoms with Crippen LogP contribution in [0.5, 0.6) is 0 Å². The molecule has 0 unspecified atom stereocenters. The van der Waals surface area contributed by atoms with Gasteiger partial charge in [0, 0.05) is 18.0 Å². The van der Waals surface area contributed by atoms with E-state index in [1.807, 2.05) is 0 Å². The standard InChI is InChI=1S/C11H11N3O2S/c1-2-16-10(15)9-8(14-11(12)17-9)7-3-5-13-6-4-7/h3-6H,2H2,1H3,(H2,12,14). The summed E-state index contributed by atoms with van der Waals surface area (Å²) in [6.45, 7) is 2.08. The third-order valence-electron chi connectivity index (χ3n) is 2.06. The van der Waals surface area contributed by atoms with Crippen molar-refractivity contribution in [3.8, 4) is 11.3 Å².